The molecule has 134 valence electrons. The van der Waals surface area contributed by atoms with E-state index in [9.17, 15) is 14.7 Å². The Labute approximate surface area is 145 Å². The van der Waals surface area contributed by atoms with Crippen LogP contribution in [0.3, 0.4) is 0 Å². The van der Waals surface area contributed by atoms with Crippen LogP contribution in [0.5, 0.6) is 0 Å². The normalized spacial score (nSPS) is 35.9. The Balaban J connectivity index is 2.22. The first-order valence-electron chi connectivity index (χ1n) is 9.04. The summed E-state index contributed by atoms with van der Waals surface area (Å²) in [6.45, 7) is 6.30. The highest BCUT2D eigenvalue weighted by molar-refractivity contribution is 5.73. The van der Waals surface area contributed by atoms with Crippen LogP contribution in [-0.4, -0.2) is 29.1 Å². The molecule has 0 aromatic carbocycles. The van der Waals surface area contributed by atoms with Gasteiger partial charge in [0.05, 0.1) is 17.6 Å². The molecule has 4 nitrogen and oxygen atoms in total. The minimum absolute atomic E-state index is 0.234. The van der Waals surface area contributed by atoms with E-state index in [-0.39, 0.29) is 11.7 Å². The minimum atomic E-state index is -0.791. The van der Waals surface area contributed by atoms with E-state index in [0.29, 0.717) is 18.8 Å². The first kappa shape index (κ1) is 18.9. The molecule has 1 fully saturated rings. The van der Waals surface area contributed by atoms with Crippen molar-refractivity contribution < 1.29 is 19.4 Å². The number of hydrogen-bond donors (Lipinski definition) is 1. The highest BCUT2D eigenvalue weighted by Crippen LogP contribution is 2.42. The summed E-state index contributed by atoms with van der Waals surface area (Å²) in [5.41, 5.74) is 1.83. The summed E-state index contributed by atoms with van der Waals surface area (Å²) < 4.78 is 6.16. The SMILES string of the molecule is C/C1=C/CC/C(C=O)=C\CC[C@H](C(=O)O)[C@@H]2C[C@@H](CC1)C(C)(C)O2. The monoisotopic (exact) mass is 334 g/mol. The molecule has 0 aromatic heterocycles. The molecule has 0 saturated carbocycles. The fourth-order valence-electron chi connectivity index (χ4n) is 3.93. The number of aldehydes is 1. The van der Waals surface area contributed by atoms with Gasteiger partial charge in [0, 0.05) is 0 Å². The molecule has 0 aromatic rings. The Hall–Kier alpha value is -1.42. The van der Waals surface area contributed by atoms with Crippen LogP contribution in [0.2, 0.25) is 0 Å². The summed E-state index contributed by atoms with van der Waals surface area (Å²) in [4.78, 5) is 22.9. The van der Waals surface area contributed by atoms with Crippen molar-refractivity contribution in [2.75, 3.05) is 0 Å². The van der Waals surface area contributed by atoms with Crippen molar-refractivity contribution in [1.82, 2.24) is 0 Å². The first-order valence-corrected chi connectivity index (χ1v) is 9.04. The molecule has 2 rings (SSSR count). The van der Waals surface area contributed by atoms with Crippen LogP contribution < -0.4 is 0 Å². The second kappa shape index (κ2) is 8.11. The summed E-state index contributed by atoms with van der Waals surface area (Å²) in [6.07, 6.45) is 10.3. The lowest BCUT2D eigenvalue weighted by Crippen LogP contribution is -2.31. The number of carbonyl (C=O) groups is 2. The number of aliphatic carboxylic acids is 1. The smallest absolute Gasteiger partial charge is 0.309 e. The molecule has 1 saturated heterocycles. The summed E-state index contributed by atoms with van der Waals surface area (Å²) in [5.74, 6) is -0.907. The lowest BCUT2D eigenvalue weighted by molar-refractivity contribution is -0.149. The highest BCUT2D eigenvalue weighted by atomic mass is 16.5. The maximum absolute atomic E-state index is 11.7. The largest absolute Gasteiger partial charge is 0.481 e. The van der Waals surface area contributed by atoms with Gasteiger partial charge in [0.2, 0.25) is 0 Å². The second-order valence-corrected chi connectivity index (χ2v) is 7.74. The Morgan fingerprint density at radius 1 is 1.25 bits per heavy atom. The number of carbonyl (C=O) groups excluding carboxylic acids is 1. The summed E-state index contributed by atoms with van der Waals surface area (Å²) >= 11 is 0. The van der Waals surface area contributed by atoms with Crippen molar-refractivity contribution in [3.05, 3.63) is 23.3 Å². The summed E-state index contributed by atoms with van der Waals surface area (Å²) in [5, 5.41) is 9.62. The number of rotatable bonds is 2. The van der Waals surface area contributed by atoms with Gasteiger partial charge in [-0.1, -0.05) is 17.7 Å². The quantitative estimate of drug-likeness (QED) is 0.604. The van der Waals surface area contributed by atoms with Gasteiger partial charge in [-0.05, 0) is 77.2 Å². The Bertz CT molecular complexity index is 530. The van der Waals surface area contributed by atoms with Gasteiger partial charge in [-0.15, -0.1) is 0 Å². The molecule has 2 aliphatic rings. The van der Waals surface area contributed by atoms with Gasteiger partial charge < -0.3 is 9.84 Å². The molecular formula is C20H30O4. The van der Waals surface area contributed by atoms with Crippen LogP contribution in [0.15, 0.2) is 23.3 Å². The average molecular weight is 334 g/mol. The third-order valence-corrected chi connectivity index (χ3v) is 5.57. The molecule has 0 amide bonds. The third kappa shape index (κ3) is 4.79. The van der Waals surface area contributed by atoms with Crippen molar-refractivity contribution >= 4 is 12.3 Å². The summed E-state index contributed by atoms with van der Waals surface area (Å²) in [6, 6.07) is 0. The van der Waals surface area contributed by atoms with E-state index in [0.717, 1.165) is 44.0 Å². The van der Waals surface area contributed by atoms with E-state index >= 15 is 0 Å². The average Bonchev–Trinajstić information content (AvgIpc) is 2.80. The van der Waals surface area contributed by atoms with Crippen LogP contribution in [0.1, 0.15) is 65.7 Å². The van der Waals surface area contributed by atoms with E-state index in [4.69, 9.17) is 4.74 Å². The first-order chi connectivity index (χ1) is 11.3. The number of hydrogen-bond acceptors (Lipinski definition) is 3. The number of ether oxygens (including phenoxy) is 1. The molecule has 0 unspecified atom stereocenters. The van der Waals surface area contributed by atoms with Crippen molar-refractivity contribution in [3.63, 3.8) is 0 Å². The van der Waals surface area contributed by atoms with E-state index in [2.05, 4.69) is 26.8 Å². The van der Waals surface area contributed by atoms with E-state index < -0.39 is 11.9 Å². The second-order valence-electron chi connectivity index (χ2n) is 7.74. The zero-order valence-corrected chi connectivity index (χ0v) is 15.1. The molecule has 0 radical (unpaired) electrons. The molecule has 1 aliphatic heterocycles. The Morgan fingerprint density at radius 3 is 2.67 bits per heavy atom. The van der Waals surface area contributed by atoms with Crippen molar-refractivity contribution in [3.8, 4) is 0 Å². The molecule has 0 spiro atoms. The van der Waals surface area contributed by atoms with Gasteiger partial charge in [0.25, 0.3) is 0 Å². The molecule has 1 aliphatic carbocycles. The van der Waals surface area contributed by atoms with Crippen LogP contribution in [-0.2, 0) is 14.3 Å². The summed E-state index contributed by atoms with van der Waals surface area (Å²) in [7, 11) is 0. The standard InChI is InChI=1S/C20H30O4/c1-14-6-4-7-15(13-21)8-5-9-17(19(22)23)18-12-16(11-10-14)20(2,3)24-18/h6,8,13,16-18H,4-5,7,9-12H2,1-3H3,(H,22,23)/b14-6-,15-8+/t16-,17+,18+/m1/s1. The third-order valence-electron chi connectivity index (χ3n) is 5.57. The van der Waals surface area contributed by atoms with E-state index in [1.807, 2.05) is 6.08 Å². The Kier molecular flexibility index (Phi) is 6.39. The Morgan fingerprint density at radius 2 is 2.00 bits per heavy atom. The maximum Gasteiger partial charge on any atom is 0.309 e. The van der Waals surface area contributed by atoms with Crippen molar-refractivity contribution in [2.24, 2.45) is 11.8 Å². The van der Waals surface area contributed by atoms with Gasteiger partial charge in [-0.3, -0.25) is 9.59 Å². The molecule has 4 heteroatoms. The number of carboxylic acid groups (broad SMARTS) is 1. The molecule has 3 atom stereocenters. The van der Waals surface area contributed by atoms with Crippen LogP contribution >= 0.6 is 0 Å². The van der Waals surface area contributed by atoms with Crippen LogP contribution in [0, 0.1) is 11.8 Å². The number of allylic oxidation sites excluding steroid dienone is 4. The highest BCUT2D eigenvalue weighted by Gasteiger charge is 2.45. The fraction of sp³-hybridized carbons (Fsp3) is 0.700. The number of carboxylic acids is 1. The number of fused-ring (bicyclic) bond motifs is 2. The molecular weight excluding hydrogens is 304 g/mol. The van der Waals surface area contributed by atoms with Gasteiger partial charge >= 0.3 is 5.97 Å². The van der Waals surface area contributed by atoms with Crippen LogP contribution in [0.4, 0.5) is 0 Å². The fourth-order valence-corrected chi connectivity index (χ4v) is 3.93. The van der Waals surface area contributed by atoms with Gasteiger partial charge in [-0.25, -0.2) is 0 Å². The predicted molar refractivity (Wildman–Crippen MR) is 93.8 cm³/mol. The maximum atomic E-state index is 11.7. The lowest BCUT2D eigenvalue weighted by atomic mass is 9.82. The molecule has 24 heavy (non-hydrogen) atoms. The van der Waals surface area contributed by atoms with E-state index in [1.54, 1.807) is 0 Å². The molecule has 1 heterocycles. The zero-order chi connectivity index (χ0) is 17.7. The predicted octanol–water partition coefficient (Wildman–Crippen LogP) is 4.30. The molecule has 1 N–H and O–H groups in total. The van der Waals surface area contributed by atoms with Crippen molar-refractivity contribution in [1.29, 1.82) is 0 Å². The van der Waals surface area contributed by atoms with Crippen molar-refractivity contribution in [2.45, 2.75) is 77.4 Å². The molecule has 2 bridgehead atoms. The van der Waals surface area contributed by atoms with Crippen LogP contribution in [0.25, 0.3) is 0 Å². The van der Waals surface area contributed by atoms with Gasteiger partial charge in [0.15, 0.2) is 0 Å². The van der Waals surface area contributed by atoms with Gasteiger partial charge in [0.1, 0.15) is 6.29 Å². The topological polar surface area (TPSA) is 63.6 Å². The lowest BCUT2D eigenvalue weighted by Gasteiger charge is -2.27. The zero-order valence-electron chi connectivity index (χ0n) is 15.1. The minimum Gasteiger partial charge on any atom is -0.481 e. The van der Waals surface area contributed by atoms with E-state index in [1.165, 1.54) is 5.57 Å². The van der Waals surface area contributed by atoms with Gasteiger partial charge in [-0.2, -0.15) is 0 Å².